The number of nitrogens with zero attached hydrogens (tertiary/aromatic N) is 1. The summed E-state index contributed by atoms with van der Waals surface area (Å²) in [6.07, 6.45) is 0. The van der Waals surface area contributed by atoms with E-state index in [4.69, 9.17) is 4.74 Å². The van der Waals surface area contributed by atoms with Gasteiger partial charge in [0.15, 0.2) is 0 Å². The molecule has 0 aliphatic carbocycles. The monoisotopic (exact) mass is 310 g/mol. The van der Waals surface area contributed by atoms with Crippen molar-refractivity contribution in [2.45, 2.75) is 13.5 Å². The molecule has 0 atom stereocenters. The second-order valence-corrected chi connectivity index (χ2v) is 5.55. The number of benzene rings is 2. The summed E-state index contributed by atoms with van der Waals surface area (Å²) >= 11 is 0. The van der Waals surface area contributed by atoms with Crippen LogP contribution in [-0.2, 0) is 6.54 Å². The molecule has 0 aliphatic rings. The Morgan fingerprint density at radius 3 is 2.61 bits per heavy atom. The molecule has 4 nitrogen and oxygen atoms in total. The van der Waals surface area contributed by atoms with Gasteiger partial charge in [-0.1, -0.05) is 43.0 Å². The van der Waals surface area contributed by atoms with Crippen LogP contribution in [0.3, 0.4) is 0 Å². The van der Waals surface area contributed by atoms with Crippen LogP contribution < -0.4 is 10.1 Å². The van der Waals surface area contributed by atoms with Crippen molar-refractivity contribution in [1.29, 1.82) is 0 Å². The average Bonchev–Trinajstić information content (AvgIpc) is 2.54. The Balaban J connectivity index is 1.94. The minimum Gasteiger partial charge on any atom is -0.489 e. The van der Waals surface area contributed by atoms with Gasteiger partial charge in [-0.05, 0) is 30.2 Å². The number of hydrogen-bond acceptors (Lipinski definition) is 2. The van der Waals surface area contributed by atoms with E-state index >= 15 is 0 Å². The summed E-state index contributed by atoms with van der Waals surface area (Å²) in [4.78, 5) is 13.9. The largest absolute Gasteiger partial charge is 0.489 e. The molecule has 120 valence electrons. The Kier molecular flexibility index (Phi) is 5.80. The van der Waals surface area contributed by atoms with E-state index in [9.17, 15) is 4.79 Å². The lowest BCUT2D eigenvalue weighted by atomic mass is 10.2. The van der Waals surface area contributed by atoms with Crippen LogP contribution in [0.25, 0.3) is 0 Å². The number of hydrogen-bond donors (Lipinski definition) is 1. The van der Waals surface area contributed by atoms with E-state index in [0.29, 0.717) is 24.6 Å². The van der Waals surface area contributed by atoms with Crippen molar-refractivity contribution >= 4 is 11.7 Å². The highest BCUT2D eigenvalue weighted by molar-refractivity contribution is 5.89. The normalized spacial score (nSPS) is 10.0. The van der Waals surface area contributed by atoms with Crippen LogP contribution in [0.5, 0.6) is 5.75 Å². The van der Waals surface area contributed by atoms with E-state index < -0.39 is 0 Å². The summed E-state index contributed by atoms with van der Waals surface area (Å²) < 4.78 is 5.58. The molecule has 2 aromatic rings. The highest BCUT2D eigenvalue weighted by Crippen LogP contribution is 2.18. The van der Waals surface area contributed by atoms with Gasteiger partial charge in [0, 0.05) is 25.3 Å². The van der Waals surface area contributed by atoms with Gasteiger partial charge in [-0.3, -0.25) is 0 Å². The first-order valence-corrected chi connectivity index (χ1v) is 7.48. The van der Waals surface area contributed by atoms with Crippen molar-refractivity contribution in [2.24, 2.45) is 0 Å². The SMILES string of the molecule is C=C(C)COc1cccc(NC(=O)N(C)Cc2ccccc2)c1. The van der Waals surface area contributed by atoms with Gasteiger partial charge >= 0.3 is 6.03 Å². The first kappa shape index (κ1) is 16.6. The summed E-state index contributed by atoms with van der Waals surface area (Å²) in [6.45, 7) is 6.73. The second kappa shape index (κ2) is 8.03. The van der Waals surface area contributed by atoms with Gasteiger partial charge in [0.2, 0.25) is 0 Å². The lowest BCUT2D eigenvalue weighted by molar-refractivity contribution is 0.220. The lowest BCUT2D eigenvalue weighted by Crippen LogP contribution is -2.30. The third-order valence-electron chi connectivity index (χ3n) is 3.18. The molecule has 0 saturated carbocycles. The molecule has 0 heterocycles. The van der Waals surface area contributed by atoms with Crippen molar-refractivity contribution in [3.05, 3.63) is 72.3 Å². The van der Waals surface area contributed by atoms with Crippen LogP contribution in [-0.4, -0.2) is 24.6 Å². The average molecular weight is 310 g/mol. The molecule has 4 heteroatoms. The molecule has 0 spiro atoms. The number of nitrogens with one attached hydrogen (secondary N) is 1. The standard InChI is InChI=1S/C19H22N2O2/c1-15(2)14-23-18-11-7-10-17(12-18)20-19(22)21(3)13-16-8-5-4-6-9-16/h4-12H,1,13-14H2,2-3H3,(H,20,22). The van der Waals surface area contributed by atoms with Gasteiger partial charge in [0.05, 0.1) is 0 Å². The molecule has 0 unspecified atom stereocenters. The quantitative estimate of drug-likeness (QED) is 0.808. The Morgan fingerprint density at radius 2 is 1.91 bits per heavy atom. The van der Waals surface area contributed by atoms with Crippen LogP contribution in [0.2, 0.25) is 0 Å². The minimum absolute atomic E-state index is 0.161. The number of rotatable bonds is 6. The van der Waals surface area contributed by atoms with Crippen LogP contribution in [0.15, 0.2) is 66.7 Å². The molecule has 2 amide bonds. The lowest BCUT2D eigenvalue weighted by Gasteiger charge is -2.18. The van der Waals surface area contributed by atoms with Crippen molar-refractivity contribution < 1.29 is 9.53 Å². The van der Waals surface area contributed by atoms with E-state index in [0.717, 1.165) is 11.1 Å². The van der Waals surface area contributed by atoms with Crippen LogP contribution in [0.4, 0.5) is 10.5 Å². The third kappa shape index (κ3) is 5.51. The van der Waals surface area contributed by atoms with Gasteiger partial charge < -0.3 is 15.0 Å². The minimum atomic E-state index is -0.161. The maximum atomic E-state index is 12.3. The Bertz CT molecular complexity index is 668. The molecule has 1 N–H and O–H groups in total. The number of anilines is 1. The van der Waals surface area contributed by atoms with Crippen LogP contribution in [0.1, 0.15) is 12.5 Å². The number of amides is 2. The van der Waals surface area contributed by atoms with E-state index in [1.165, 1.54) is 0 Å². The third-order valence-corrected chi connectivity index (χ3v) is 3.18. The van der Waals surface area contributed by atoms with Crippen molar-refractivity contribution in [3.8, 4) is 5.75 Å². The van der Waals surface area contributed by atoms with E-state index in [1.54, 1.807) is 18.0 Å². The van der Waals surface area contributed by atoms with Gasteiger partial charge in [-0.25, -0.2) is 4.79 Å². The molecule has 23 heavy (non-hydrogen) atoms. The van der Waals surface area contributed by atoms with Crippen LogP contribution in [0, 0.1) is 0 Å². The predicted molar refractivity (Wildman–Crippen MR) is 93.7 cm³/mol. The van der Waals surface area contributed by atoms with Crippen molar-refractivity contribution in [3.63, 3.8) is 0 Å². The molecule has 0 saturated heterocycles. The number of urea groups is 1. The summed E-state index contributed by atoms with van der Waals surface area (Å²) in [5, 5.41) is 2.87. The summed E-state index contributed by atoms with van der Waals surface area (Å²) in [7, 11) is 1.77. The fourth-order valence-corrected chi connectivity index (χ4v) is 2.02. The number of carbonyl (C=O) groups is 1. The molecule has 2 rings (SSSR count). The molecule has 0 fully saturated rings. The molecule has 0 bridgehead atoms. The zero-order chi connectivity index (χ0) is 16.7. The number of carbonyl (C=O) groups excluding carboxylic acids is 1. The Labute approximate surface area is 137 Å². The Morgan fingerprint density at radius 1 is 1.17 bits per heavy atom. The molecule has 0 aliphatic heterocycles. The molecule has 0 aromatic heterocycles. The van der Waals surface area contributed by atoms with Gasteiger partial charge in [-0.2, -0.15) is 0 Å². The highest BCUT2D eigenvalue weighted by atomic mass is 16.5. The summed E-state index contributed by atoms with van der Waals surface area (Å²) in [5.41, 5.74) is 2.74. The maximum Gasteiger partial charge on any atom is 0.321 e. The molecule has 2 aromatic carbocycles. The first-order chi connectivity index (χ1) is 11.0. The van der Waals surface area contributed by atoms with Crippen molar-refractivity contribution in [1.82, 2.24) is 4.90 Å². The molecular formula is C19H22N2O2. The van der Waals surface area contributed by atoms with E-state index in [1.807, 2.05) is 55.5 Å². The smallest absolute Gasteiger partial charge is 0.321 e. The van der Waals surface area contributed by atoms with Crippen LogP contribution >= 0.6 is 0 Å². The summed E-state index contributed by atoms with van der Waals surface area (Å²) in [5.74, 6) is 0.705. The highest BCUT2D eigenvalue weighted by Gasteiger charge is 2.09. The first-order valence-electron chi connectivity index (χ1n) is 7.48. The molecule has 0 radical (unpaired) electrons. The van der Waals surface area contributed by atoms with Gasteiger partial charge in [0.25, 0.3) is 0 Å². The van der Waals surface area contributed by atoms with Crippen molar-refractivity contribution in [2.75, 3.05) is 19.0 Å². The van der Waals surface area contributed by atoms with E-state index in [2.05, 4.69) is 11.9 Å². The topological polar surface area (TPSA) is 41.6 Å². The van der Waals surface area contributed by atoms with E-state index in [-0.39, 0.29) is 6.03 Å². The molecular weight excluding hydrogens is 288 g/mol. The fraction of sp³-hybridized carbons (Fsp3) is 0.211. The zero-order valence-corrected chi connectivity index (χ0v) is 13.6. The van der Waals surface area contributed by atoms with Gasteiger partial charge in [-0.15, -0.1) is 0 Å². The summed E-state index contributed by atoms with van der Waals surface area (Å²) in [6, 6.07) is 17.1. The number of ether oxygens (including phenoxy) is 1. The zero-order valence-electron chi connectivity index (χ0n) is 13.6. The van der Waals surface area contributed by atoms with Gasteiger partial charge in [0.1, 0.15) is 12.4 Å². The Hall–Kier alpha value is -2.75. The fourth-order valence-electron chi connectivity index (χ4n) is 2.02. The predicted octanol–water partition coefficient (Wildman–Crippen LogP) is 4.31. The second-order valence-electron chi connectivity index (χ2n) is 5.55. The maximum absolute atomic E-state index is 12.3.